The fourth-order valence-corrected chi connectivity index (χ4v) is 3.20. The molecule has 0 spiro atoms. The normalized spacial score (nSPS) is 16.8. The Morgan fingerprint density at radius 2 is 2.03 bits per heavy atom. The molecule has 1 N–H and O–H groups in total. The fourth-order valence-electron chi connectivity index (χ4n) is 3.20. The van der Waals surface area contributed by atoms with Crippen molar-refractivity contribution in [2.24, 2.45) is 5.92 Å². The van der Waals surface area contributed by atoms with Crippen molar-refractivity contribution in [2.45, 2.75) is 32.4 Å². The van der Waals surface area contributed by atoms with Gasteiger partial charge in [-0.2, -0.15) is 18.3 Å². The number of nitrogens with zero attached hydrogens (tertiary/aromatic N) is 7. The summed E-state index contributed by atoms with van der Waals surface area (Å²) < 4.78 is 35.9. The van der Waals surface area contributed by atoms with E-state index in [-0.39, 0.29) is 0 Å². The molecule has 0 saturated carbocycles. The summed E-state index contributed by atoms with van der Waals surface area (Å²) in [5, 5.41) is 11.4. The van der Waals surface area contributed by atoms with E-state index in [9.17, 15) is 13.2 Å². The van der Waals surface area contributed by atoms with Crippen LogP contribution in [0.25, 0.3) is 0 Å². The number of pyridine rings is 1. The Hall–Kier alpha value is -3.28. The molecular formula is C18H20F3N7O2. The van der Waals surface area contributed by atoms with Crippen molar-refractivity contribution in [3.8, 4) is 0 Å². The van der Waals surface area contributed by atoms with Gasteiger partial charge in [-0.05, 0) is 11.6 Å². The number of hydrogen-bond donors (Lipinski definition) is 1. The van der Waals surface area contributed by atoms with Crippen molar-refractivity contribution in [1.82, 2.24) is 34.2 Å². The van der Waals surface area contributed by atoms with Gasteiger partial charge in [0.15, 0.2) is 0 Å². The third-order valence-electron chi connectivity index (χ3n) is 4.42. The molecule has 1 aliphatic heterocycles. The number of carboxylic acids is 1. The van der Waals surface area contributed by atoms with Crippen LogP contribution >= 0.6 is 0 Å². The van der Waals surface area contributed by atoms with Crippen LogP contribution in [-0.2, 0) is 31.0 Å². The zero-order chi connectivity index (χ0) is 21.6. The zero-order valence-corrected chi connectivity index (χ0v) is 15.9. The summed E-state index contributed by atoms with van der Waals surface area (Å²) in [5.74, 6) is -1.17. The quantitative estimate of drug-likeness (QED) is 0.683. The number of aliphatic carboxylic acids is 1. The topological polar surface area (TPSA) is 102 Å². The highest BCUT2D eigenvalue weighted by Crippen LogP contribution is 2.18. The first-order valence-electron chi connectivity index (χ1n) is 9.05. The molecule has 1 unspecified atom stereocenters. The van der Waals surface area contributed by atoms with E-state index >= 15 is 0 Å². The minimum atomic E-state index is -5.08. The van der Waals surface area contributed by atoms with Crippen molar-refractivity contribution >= 4 is 5.97 Å². The standard InChI is InChI=1S/C16H19N7.C2HF3O2/c1-2-14(6-17-3-1)7-21-8-15(10-23-13-18-12-20-23)9-22-5-4-19-16(22)11-21;3-2(4,5)1(6)7/h1-6,12-13,15H,7-11H2;(H,6,7). The number of halogens is 3. The van der Waals surface area contributed by atoms with Gasteiger partial charge in [-0.25, -0.2) is 14.8 Å². The summed E-state index contributed by atoms with van der Waals surface area (Å²) in [4.78, 5) is 24.1. The number of rotatable bonds is 4. The van der Waals surface area contributed by atoms with Crippen LogP contribution in [0.4, 0.5) is 13.2 Å². The molecule has 160 valence electrons. The SMILES string of the molecule is O=C(O)C(F)(F)F.c1cncc(CN2Cc3nccn3CC(Cn3cncn3)C2)c1. The molecule has 0 aromatic carbocycles. The highest BCUT2D eigenvalue weighted by atomic mass is 19.4. The van der Waals surface area contributed by atoms with Crippen molar-refractivity contribution in [2.75, 3.05) is 6.54 Å². The van der Waals surface area contributed by atoms with Gasteiger partial charge in [0, 0.05) is 56.9 Å². The monoisotopic (exact) mass is 423 g/mol. The Morgan fingerprint density at radius 1 is 1.23 bits per heavy atom. The number of carbonyl (C=O) groups is 1. The average molecular weight is 423 g/mol. The van der Waals surface area contributed by atoms with Crippen molar-refractivity contribution in [3.05, 3.63) is 61.0 Å². The molecule has 0 amide bonds. The molecule has 1 aliphatic rings. The van der Waals surface area contributed by atoms with Gasteiger partial charge < -0.3 is 9.67 Å². The first-order chi connectivity index (χ1) is 14.3. The van der Waals surface area contributed by atoms with Crippen LogP contribution in [0, 0.1) is 5.92 Å². The number of carboxylic acid groups (broad SMARTS) is 1. The van der Waals surface area contributed by atoms with Crippen LogP contribution in [0.15, 0.2) is 49.6 Å². The van der Waals surface area contributed by atoms with E-state index in [1.54, 1.807) is 12.7 Å². The minimum absolute atomic E-state index is 0.462. The highest BCUT2D eigenvalue weighted by Gasteiger charge is 2.38. The highest BCUT2D eigenvalue weighted by molar-refractivity contribution is 5.73. The van der Waals surface area contributed by atoms with E-state index in [1.807, 2.05) is 29.3 Å². The van der Waals surface area contributed by atoms with Gasteiger partial charge in [-0.1, -0.05) is 6.07 Å². The molecule has 3 aromatic rings. The van der Waals surface area contributed by atoms with Gasteiger partial charge in [-0.15, -0.1) is 0 Å². The number of hydrogen-bond acceptors (Lipinski definition) is 6. The summed E-state index contributed by atoms with van der Waals surface area (Å²) in [6.45, 7) is 4.56. The molecule has 0 saturated heterocycles. The summed E-state index contributed by atoms with van der Waals surface area (Å²) in [6, 6.07) is 4.11. The molecule has 30 heavy (non-hydrogen) atoms. The Balaban J connectivity index is 0.000000318. The Bertz CT molecular complexity index is 929. The number of fused-ring (bicyclic) bond motifs is 1. The van der Waals surface area contributed by atoms with E-state index in [2.05, 4.69) is 41.8 Å². The van der Waals surface area contributed by atoms with Crippen LogP contribution in [0.2, 0.25) is 0 Å². The molecule has 4 heterocycles. The van der Waals surface area contributed by atoms with Gasteiger partial charge in [-0.3, -0.25) is 14.6 Å². The molecule has 0 fully saturated rings. The van der Waals surface area contributed by atoms with Gasteiger partial charge in [0.1, 0.15) is 18.5 Å². The van der Waals surface area contributed by atoms with Crippen LogP contribution in [0.1, 0.15) is 11.4 Å². The molecule has 1 atom stereocenters. The van der Waals surface area contributed by atoms with E-state index in [0.717, 1.165) is 38.5 Å². The van der Waals surface area contributed by atoms with Gasteiger partial charge in [0.05, 0.1) is 6.54 Å². The minimum Gasteiger partial charge on any atom is -0.475 e. The average Bonchev–Trinajstić information content (AvgIpc) is 3.32. The summed E-state index contributed by atoms with van der Waals surface area (Å²) >= 11 is 0. The Morgan fingerprint density at radius 3 is 2.67 bits per heavy atom. The van der Waals surface area contributed by atoms with E-state index < -0.39 is 12.1 Å². The van der Waals surface area contributed by atoms with Crippen LogP contribution in [0.3, 0.4) is 0 Å². The maximum absolute atomic E-state index is 10.6. The van der Waals surface area contributed by atoms with Crippen molar-refractivity contribution < 1.29 is 23.1 Å². The second-order valence-electron chi connectivity index (χ2n) is 6.81. The molecule has 0 radical (unpaired) electrons. The second-order valence-corrected chi connectivity index (χ2v) is 6.81. The lowest BCUT2D eigenvalue weighted by Crippen LogP contribution is -2.30. The predicted octanol–water partition coefficient (Wildman–Crippen LogP) is 1.84. The maximum Gasteiger partial charge on any atom is 0.490 e. The summed E-state index contributed by atoms with van der Waals surface area (Å²) in [7, 11) is 0. The number of imidazole rings is 1. The zero-order valence-electron chi connectivity index (χ0n) is 15.9. The smallest absolute Gasteiger partial charge is 0.475 e. The third-order valence-corrected chi connectivity index (χ3v) is 4.42. The number of alkyl halides is 3. The first-order valence-corrected chi connectivity index (χ1v) is 9.05. The molecule has 4 rings (SSSR count). The molecule has 3 aromatic heterocycles. The van der Waals surface area contributed by atoms with Gasteiger partial charge in [0.25, 0.3) is 0 Å². The fraction of sp³-hybridized carbons (Fsp3) is 0.389. The van der Waals surface area contributed by atoms with E-state index in [0.29, 0.717) is 5.92 Å². The first kappa shape index (κ1) is 21.4. The predicted molar refractivity (Wildman–Crippen MR) is 97.8 cm³/mol. The lowest BCUT2D eigenvalue weighted by molar-refractivity contribution is -0.192. The Labute approximate surface area is 169 Å². The molecule has 12 heteroatoms. The largest absolute Gasteiger partial charge is 0.490 e. The van der Waals surface area contributed by atoms with E-state index in [4.69, 9.17) is 9.90 Å². The van der Waals surface area contributed by atoms with Gasteiger partial charge in [0.2, 0.25) is 0 Å². The molecule has 0 aliphatic carbocycles. The number of aromatic nitrogens is 6. The lowest BCUT2D eigenvalue weighted by atomic mass is 10.1. The molecular weight excluding hydrogens is 403 g/mol. The van der Waals surface area contributed by atoms with Gasteiger partial charge >= 0.3 is 12.1 Å². The maximum atomic E-state index is 10.6. The van der Waals surface area contributed by atoms with Crippen LogP contribution < -0.4 is 0 Å². The van der Waals surface area contributed by atoms with Crippen molar-refractivity contribution in [1.29, 1.82) is 0 Å². The third kappa shape index (κ3) is 6.11. The lowest BCUT2D eigenvalue weighted by Gasteiger charge is -2.23. The summed E-state index contributed by atoms with van der Waals surface area (Å²) in [6.07, 6.45) is 5.99. The van der Waals surface area contributed by atoms with Crippen LogP contribution in [-0.4, -0.2) is 58.0 Å². The second kappa shape index (κ2) is 9.48. The molecule has 0 bridgehead atoms. The van der Waals surface area contributed by atoms with Crippen molar-refractivity contribution in [3.63, 3.8) is 0 Å². The van der Waals surface area contributed by atoms with Crippen LogP contribution in [0.5, 0.6) is 0 Å². The van der Waals surface area contributed by atoms with E-state index in [1.165, 1.54) is 5.56 Å². The molecule has 9 nitrogen and oxygen atoms in total. The summed E-state index contributed by atoms with van der Waals surface area (Å²) in [5.41, 5.74) is 1.23. The Kier molecular flexibility index (Phi) is 6.77.